The van der Waals surface area contributed by atoms with E-state index in [4.69, 9.17) is 0 Å². The summed E-state index contributed by atoms with van der Waals surface area (Å²) in [4.78, 5) is 13.2. The lowest BCUT2D eigenvalue weighted by molar-refractivity contribution is 0.327. The van der Waals surface area contributed by atoms with E-state index in [2.05, 4.69) is 54.6 Å². The van der Waals surface area contributed by atoms with E-state index in [1.54, 1.807) is 0 Å². The summed E-state index contributed by atoms with van der Waals surface area (Å²) in [6.45, 7) is 1.66. The molecule has 1 fully saturated rings. The smallest absolute Gasteiger partial charge is 0.292 e. The number of fused-ring (bicyclic) bond motifs is 1. The average molecular weight is 405 g/mol. The van der Waals surface area contributed by atoms with Gasteiger partial charge in [-0.1, -0.05) is 87.4 Å². The first-order valence-corrected chi connectivity index (χ1v) is 12.0. The second-order valence-electron chi connectivity index (χ2n) is 9.02. The Bertz CT molecular complexity index is 963. The maximum absolute atomic E-state index is 13.2. The predicted octanol–water partition coefficient (Wildman–Crippen LogP) is 6.58. The van der Waals surface area contributed by atoms with Crippen molar-refractivity contribution in [1.29, 1.82) is 0 Å². The van der Waals surface area contributed by atoms with E-state index < -0.39 is 0 Å². The van der Waals surface area contributed by atoms with Gasteiger partial charge in [-0.05, 0) is 49.3 Å². The van der Waals surface area contributed by atoms with Gasteiger partial charge in [0.1, 0.15) is 0 Å². The topological polar surface area (TPSA) is 26.9 Å². The zero-order valence-electron chi connectivity index (χ0n) is 18.3. The Morgan fingerprint density at radius 3 is 1.97 bits per heavy atom. The minimum Gasteiger partial charge on any atom is -0.292 e. The monoisotopic (exact) mass is 404 g/mol. The third-order valence-corrected chi connectivity index (χ3v) is 6.83. The highest BCUT2D eigenvalue weighted by molar-refractivity contribution is 5.75. The van der Waals surface area contributed by atoms with Crippen LogP contribution in [0.25, 0.3) is 11.0 Å². The first-order valence-electron chi connectivity index (χ1n) is 12.0. The average Bonchev–Trinajstić information content (AvgIpc) is 3.06. The van der Waals surface area contributed by atoms with Crippen LogP contribution in [0.3, 0.4) is 0 Å². The van der Waals surface area contributed by atoms with Crippen LogP contribution in [0.4, 0.5) is 0 Å². The highest BCUT2D eigenvalue weighted by Crippen LogP contribution is 2.27. The van der Waals surface area contributed by atoms with Crippen molar-refractivity contribution < 1.29 is 0 Å². The number of para-hydroxylation sites is 2. The third-order valence-electron chi connectivity index (χ3n) is 6.83. The van der Waals surface area contributed by atoms with Crippen LogP contribution in [0, 0.1) is 5.92 Å². The Kier molecular flexibility index (Phi) is 7.44. The molecule has 160 valence electrons. The Morgan fingerprint density at radius 2 is 1.30 bits per heavy atom. The predicted molar refractivity (Wildman–Crippen MR) is 126 cm³/mol. The highest BCUT2D eigenvalue weighted by Gasteiger charge is 2.14. The van der Waals surface area contributed by atoms with Gasteiger partial charge in [-0.3, -0.25) is 9.13 Å². The number of nitrogens with zero attached hydrogens (tertiary/aromatic N) is 2. The summed E-state index contributed by atoms with van der Waals surface area (Å²) < 4.78 is 4.02. The molecule has 2 aromatic carbocycles. The van der Waals surface area contributed by atoms with Crippen LogP contribution in [0.5, 0.6) is 0 Å². The number of aromatic nitrogens is 2. The van der Waals surface area contributed by atoms with Crippen molar-refractivity contribution in [2.45, 2.75) is 83.7 Å². The normalized spacial score (nSPS) is 15.1. The molecule has 0 spiro atoms. The van der Waals surface area contributed by atoms with E-state index in [0.717, 1.165) is 55.7 Å². The van der Waals surface area contributed by atoms with Gasteiger partial charge in [-0.15, -0.1) is 0 Å². The lowest BCUT2D eigenvalue weighted by atomic mass is 9.86. The second kappa shape index (κ2) is 10.7. The largest absolute Gasteiger partial charge is 0.329 e. The molecule has 0 unspecified atom stereocenters. The SMILES string of the molecule is O=c1n(CCCCc2ccccc2)c2ccccc2n1CCCCC1CCCCC1. The molecule has 0 aliphatic heterocycles. The van der Waals surface area contributed by atoms with Crippen molar-refractivity contribution in [3.63, 3.8) is 0 Å². The zero-order valence-corrected chi connectivity index (χ0v) is 18.3. The maximum Gasteiger partial charge on any atom is 0.329 e. The molecule has 0 bridgehead atoms. The van der Waals surface area contributed by atoms with Crippen molar-refractivity contribution in [2.75, 3.05) is 0 Å². The standard InChI is InChI=1S/C27H36N2O/c30-27-28(21-11-9-17-23-13-3-1-4-14-23)25-19-7-8-20-26(25)29(27)22-12-10-18-24-15-5-2-6-16-24/h1,3-4,7-8,13-14,19-20,24H,2,5-6,9-12,15-18,21-22H2. The van der Waals surface area contributed by atoms with Gasteiger partial charge in [-0.25, -0.2) is 4.79 Å². The second-order valence-corrected chi connectivity index (χ2v) is 9.02. The summed E-state index contributed by atoms with van der Waals surface area (Å²) in [5.74, 6) is 0.932. The van der Waals surface area contributed by atoms with Gasteiger partial charge < -0.3 is 0 Å². The molecule has 3 nitrogen and oxygen atoms in total. The summed E-state index contributed by atoms with van der Waals surface area (Å²) in [6, 6.07) is 19.0. The first kappa shape index (κ1) is 21.0. The van der Waals surface area contributed by atoms with E-state index >= 15 is 0 Å². The fourth-order valence-corrected chi connectivity index (χ4v) is 5.13. The lowest BCUT2D eigenvalue weighted by Gasteiger charge is -2.21. The molecule has 30 heavy (non-hydrogen) atoms. The molecule has 4 rings (SSSR count). The summed E-state index contributed by atoms with van der Waals surface area (Å²) in [6.07, 6.45) is 14.0. The van der Waals surface area contributed by atoms with Crippen LogP contribution in [0.1, 0.15) is 69.8 Å². The van der Waals surface area contributed by atoms with Crippen molar-refractivity contribution in [2.24, 2.45) is 5.92 Å². The van der Waals surface area contributed by atoms with Crippen LogP contribution < -0.4 is 5.69 Å². The van der Waals surface area contributed by atoms with Gasteiger partial charge in [0, 0.05) is 13.1 Å². The van der Waals surface area contributed by atoms with Crippen LogP contribution in [-0.4, -0.2) is 9.13 Å². The Balaban J connectivity index is 1.35. The quantitative estimate of drug-likeness (QED) is 0.351. The lowest BCUT2D eigenvalue weighted by Crippen LogP contribution is -2.24. The van der Waals surface area contributed by atoms with Crippen molar-refractivity contribution in [3.05, 3.63) is 70.6 Å². The Hall–Kier alpha value is -2.29. The van der Waals surface area contributed by atoms with Gasteiger partial charge in [0.05, 0.1) is 11.0 Å². The van der Waals surface area contributed by atoms with Crippen LogP contribution in [-0.2, 0) is 19.5 Å². The zero-order chi connectivity index (χ0) is 20.6. The molecule has 1 saturated carbocycles. The summed E-state index contributed by atoms with van der Waals surface area (Å²) in [7, 11) is 0. The summed E-state index contributed by atoms with van der Waals surface area (Å²) in [5, 5.41) is 0. The van der Waals surface area contributed by atoms with Gasteiger partial charge >= 0.3 is 5.69 Å². The van der Waals surface area contributed by atoms with E-state index in [1.165, 1.54) is 50.5 Å². The molecule has 1 heterocycles. The first-order chi connectivity index (χ1) is 14.8. The van der Waals surface area contributed by atoms with E-state index in [9.17, 15) is 4.79 Å². The fourth-order valence-electron chi connectivity index (χ4n) is 5.13. The van der Waals surface area contributed by atoms with Crippen LogP contribution in [0.2, 0.25) is 0 Å². The van der Waals surface area contributed by atoms with E-state index in [-0.39, 0.29) is 5.69 Å². The summed E-state index contributed by atoms with van der Waals surface area (Å²) >= 11 is 0. The number of aryl methyl sites for hydroxylation is 3. The van der Waals surface area contributed by atoms with E-state index in [0.29, 0.717) is 0 Å². The highest BCUT2D eigenvalue weighted by atomic mass is 16.1. The minimum absolute atomic E-state index is 0.175. The molecule has 1 aliphatic rings. The number of benzene rings is 2. The fraction of sp³-hybridized carbons (Fsp3) is 0.519. The maximum atomic E-state index is 13.2. The molecule has 3 aromatic rings. The van der Waals surface area contributed by atoms with Gasteiger partial charge in [0.2, 0.25) is 0 Å². The minimum atomic E-state index is 0.175. The van der Waals surface area contributed by atoms with E-state index in [1.807, 2.05) is 9.13 Å². The molecule has 3 heteroatoms. The van der Waals surface area contributed by atoms with Crippen molar-refractivity contribution in [1.82, 2.24) is 9.13 Å². The summed E-state index contributed by atoms with van der Waals surface area (Å²) in [5.41, 5.74) is 3.75. The van der Waals surface area contributed by atoms with Crippen molar-refractivity contribution >= 4 is 11.0 Å². The molecule has 0 radical (unpaired) electrons. The molecule has 1 aromatic heterocycles. The van der Waals surface area contributed by atoms with Crippen molar-refractivity contribution in [3.8, 4) is 0 Å². The van der Waals surface area contributed by atoms with Crippen LogP contribution >= 0.6 is 0 Å². The molecular formula is C27H36N2O. The Morgan fingerprint density at radius 1 is 0.700 bits per heavy atom. The number of rotatable bonds is 10. The molecule has 0 N–H and O–H groups in total. The number of hydrogen-bond donors (Lipinski definition) is 0. The van der Waals surface area contributed by atoms with Gasteiger partial charge in [0.15, 0.2) is 0 Å². The molecule has 0 saturated heterocycles. The third kappa shape index (κ3) is 5.24. The number of imidazole rings is 1. The van der Waals surface area contributed by atoms with Gasteiger partial charge in [0.25, 0.3) is 0 Å². The van der Waals surface area contributed by atoms with Gasteiger partial charge in [-0.2, -0.15) is 0 Å². The van der Waals surface area contributed by atoms with Crippen LogP contribution in [0.15, 0.2) is 59.4 Å². The number of unbranched alkanes of at least 4 members (excludes halogenated alkanes) is 2. The molecule has 0 atom stereocenters. The Labute approximate surface area is 180 Å². The molecule has 1 aliphatic carbocycles. The number of hydrogen-bond acceptors (Lipinski definition) is 1. The molecule has 0 amide bonds. The molecular weight excluding hydrogens is 368 g/mol.